The normalized spacial score (nSPS) is 21.9. The van der Waals surface area contributed by atoms with Crippen LogP contribution >= 0.6 is 0 Å². The Labute approximate surface area is 122 Å². The minimum atomic E-state index is -4.70. The van der Waals surface area contributed by atoms with Crippen LogP contribution in [0.1, 0.15) is 10.4 Å². The summed E-state index contributed by atoms with van der Waals surface area (Å²) in [5.74, 6) is -6.19. The van der Waals surface area contributed by atoms with Crippen molar-refractivity contribution in [3.8, 4) is 0 Å². The highest BCUT2D eigenvalue weighted by atomic mass is 19.4. The van der Waals surface area contributed by atoms with Gasteiger partial charge in [0.15, 0.2) is 0 Å². The van der Waals surface area contributed by atoms with Crippen LogP contribution in [0.4, 0.5) is 13.2 Å². The molecule has 1 aliphatic heterocycles. The van der Waals surface area contributed by atoms with Crippen molar-refractivity contribution in [2.75, 3.05) is 13.1 Å². The SMILES string of the molecule is Cn1ccc(C(=O)N2C[C@@H](C(F)(F)F)[C@H](C(=O)O)C2)cc1=O. The number of hydrogen-bond acceptors (Lipinski definition) is 3. The number of carbonyl (C=O) groups excluding carboxylic acids is 1. The molecule has 1 N–H and O–H groups in total. The molecular formula is C13H13F3N2O4. The highest BCUT2D eigenvalue weighted by Crippen LogP contribution is 2.38. The van der Waals surface area contributed by atoms with Gasteiger partial charge in [-0.15, -0.1) is 0 Å². The molecule has 0 bridgehead atoms. The van der Waals surface area contributed by atoms with E-state index in [2.05, 4.69) is 0 Å². The van der Waals surface area contributed by atoms with Crippen LogP contribution in [-0.2, 0) is 11.8 Å². The van der Waals surface area contributed by atoms with Crippen LogP contribution in [0.3, 0.4) is 0 Å². The predicted octanol–water partition coefficient (Wildman–Crippen LogP) is 0.720. The number of aliphatic carboxylic acids is 1. The van der Waals surface area contributed by atoms with E-state index < -0.39 is 48.5 Å². The van der Waals surface area contributed by atoms with E-state index >= 15 is 0 Å². The van der Waals surface area contributed by atoms with Crippen molar-refractivity contribution in [3.63, 3.8) is 0 Å². The summed E-state index contributed by atoms with van der Waals surface area (Å²) in [6.07, 6.45) is -3.38. The Morgan fingerprint density at radius 2 is 1.95 bits per heavy atom. The number of hydrogen-bond donors (Lipinski definition) is 1. The molecule has 1 fully saturated rings. The zero-order chi connectivity index (χ0) is 16.7. The number of carbonyl (C=O) groups is 2. The Hall–Kier alpha value is -2.32. The van der Waals surface area contributed by atoms with E-state index in [4.69, 9.17) is 5.11 Å². The van der Waals surface area contributed by atoms with E-state index in [0.717, 1.165) is 11.0 Å². The molecule has 0 saturated carbocycles. The lowest BCUT2D eigenvalue weighted by molar-refractivity contribution is -0.187. The van der Waals surface area contributed by atoms with Gasteiger partial charge in [-0.1, -0.05) is 0 Å². The zero-order valence-electron chi connectivity index (χ0n) is 11.5. The molecule has 0 aliphatic carbocycles. The Balaban J connectivity index is 2.26. The van der Waals surface area contributed by atoms with Crippen molar-refractivity contribution in [2.45, 2.75) is 6.18 Å². The summed E-state index contributed by atoms with van der Waals surface area (Å²) in [4.78, 5) is 35.4. The minimum Gasteiger partial charge on any atom is -0.481 e. The molecule has 9 heteroatoms. The zero-order valence-corrected chi connectivity index (χ0v) is 11.5. The first-order valence-corrected chi connectivity index (χ1v) is 6.36. The highest BCUT2D eigenvalue weighted by Gasteiger charge is 2.53. The number of pyridine rings is 1. The van der Waals surface area contributed by atoms with Gasteiger partial charge in [0.2, 0.25) is 0 Å². The number of halogens is 3. The van der Waals surface area contributed by atoms with Crippen molar-refractivity contribution in [3.05, 3.63) is 34.2 Å². The summed E-state index contributed by atoms with van der Waals surface area (Å²) >= 11 is 0. The molecule has 6 nitrogen and oxygen atoms in total. The molecule has 1 aliphatic rings. The minimum absolute atomic E-state index is 0.0601. The lowest BCUT2D eigenvalue weighted by atomic mass is 9.96. The van der Waals surface area contributed by atoms with Crippen LogP contribution in [0.25, 0.3) is 0 Å². The first kappa shape index (κ1) is 16.1. The number of rotatable bonds is 2. The number of carboxylic acid groups (broad SMARTS) is 1. The lowest BCUT2D eigenvalue weighted by Crippen LogP contribution is -2.34. The molecule has 2 atom stereocenters. The number of carboxylic acids is 1. The van der Waals surface area contributed by atoms with E-state index in [9.17, 15) is 27.6 Å². The van der Waals surface area contributed by atoms with Crippen LogP contribution in [0.5, 0.6) is 0 Å². The second kappa shape index (κ2) is 5.47. The Bertz CT molecular complexity index is 668. The molecular weight excluding hydrogens is 305 g/mol. The van der Waals surface area contributed by atoms with Gasteiger partial charge in [0.05, 0.1) is 11.8 Å². The molecule has 2 heterocycles. The highest BCUT2D eigenvalue weighted by molar-refractivity contribution is 5.94. The van der Waals surface area contributed by atoms with Crippen LogP contribution < -0.4 is 5.56 Å². The van der Waals surface area contributed by atoms with E-state index in [1.807, 2.05) is 0 Å². The summed E-state index contributed by atoms with van der Waals surface area (Å²) in [6.45, 7) is -1.26. The van der Waals surface area contributed by atoms with Gasteiger partial charge < -0.3 is 14.6 Å². The van der Waals surface area contributed by atoms with Gasteiger partial charge in [0, 0.05) is 38.0 Å². The molecule has 0 aromatic carbocycles. The van der Waals surface area contributed by atoms with Crippen LogP contribution in [-0.4, -0.2) is 45.7 Å². The van der Waals surface area contributed by atoms with Gasteiger partial charge >= 0.3 is 12.1 Å². The van der Waals surface area contributed by atoms with Crippen LogP contribution in [0.2, 0.25) is 0 Å². The number of aryl methyl sites for hydroxylation is 1. The number of amides is 1. The molecule has 1 saturated heterocycles. The molecule has 0 unspecified atom stereocenters. The van der Waals surface area contributed by atoms with Crippen molar-refractivity contribution >= 4 is 11.9 Å². The maximum absolute atomic E-state index is 12.9. The van der Waals surface area contributed by atoms with E-state index in [0.29, 0.717) is 0 Å². The first-order valence-electron chi connectivity index (χ1n) is 6.36. The van der Waals surface area contributed by atoms with E-state index in [1.165, 1.54) is 23.9 Å². The Morgan fingerprint density at radius 3 is 2.41 bits per heavy atom. The van der Waals surface area contributed by atoms with Gasteiger partial charge in [0.25, 0.3) is 11.5 Å². The number of nitrogens with zero attached hydrogens (tertiary/aromatic N) is 2. The van der Waals surface area contributed by atoms with Gasteiger partial charge in [0.1, 0.15) is 0 Å². The van der Waals surface area contributed by atoms with Gasteiger partial charge in [-0.25, -0.2) is 0 Å². The standard InChI is InChI=1S/C13H13F3N2O4/c1-17-3-2-7(4-10(17)19)11(20)18-5-8(12(21)22)9(6-18)13(14,15)16/h2-4,8-9H,5-6H2,1H3,(H,21,22)/t8-,9-/m1/s1. The summed E-state index contributed by atoms with van der Waals surface area (Å²) in [7, 11) is 1.46. The Kier molecular flexibility index (Phi) is 3.99. The second-order valence-electron chi connectivity index (χ2n) is 5.17. The molecule has 1 aromatic rings. The lowest BCUT2D eigenvalue weighted by Gasteiger charge is -2.18. The van der Waals surface area contributed by atoms with Crippen molar-refractivity contribution in [2.24, 2.45) is 18.9 Å². The molecule has 120 valence electrons. The summed E-state index contributed by atoms with van der Waals surface area (Å²) in [6, 6.07) is 2.32. The van der Waals surface area contributed by atoms with Crippen molar-refractivity contribution in [1.82, 2.24) is 9.47 Å². The summed E-state index contributed by atoms with van der Waals surface area (Å²) < 4.78 is 39.8. The average molecular weight is 318 g/mol. The Morgan fingerprint density at radius 1 is 1.32 bits per heavy atom. The predicted molar refractivity (Wildman–Crippen MR) is 68.3 cm³/mol. The van der Waals surface area contributed by atoms with Crippen molar-refractivity contribution in [1.29, 1.82) is 0 Å². The maximum Gasteiger partial charge on any atom is 0.394 e. The molecule has 22 heavy (non-hydrogen) atoms. The molecule has 2 rings (SSSR count). The van der Waals surface area contributed by atoms with E-state index in [1.54, 1.807) is 0 Å². The third-order valence-electron chi connectivity index (χ3n) is 3.70. The summed E-state index contributed by atoms with van der Waals surface area (Å²) in [5.41, 5.74) is -0.540. The maximum atomic E-state index is 12.9. The smallest absolute Gasteiger partial charge is 0.394 e. The van der Waals surface area contributed by atoms with Gasteiger partial charge in [-0.05, 0) is 6.07 Å². The first-order chi connectivity index (χ1) is 10.1. The van der Waals surface area contributed by atoms with Crippen molar-refractivity contribution < 1.29 is 27.9 Å². The molecule has 0 spiro atoms. The van der Waals surface area contributed by atoms with E-state index in [-0.39, 0.29) is 5.56 Å². The monoisotopic (exact) mass is 318 g/mol. The topological polar surface area (TPSA) is 79.6 Å². The third-order valence-corrected chi connectivity index (χ3v) is 3.70. The van der Waals surface area contributed by atoms with Crippen LogP contribution in [0.15, 0.2) is 23.1 Å². The molecule has 1 aromatic heterocycles. The fraction of sp³-hybridized carbons (Fsp3) is 0.462. The van der Waals surface area contributed by atoms with Crippen LogP contribution in [0, 0.1) is 11.8 Å². The fourth-order valence-electron chi connectivity index (χ4n) is 2.42. The fourth-order valence-corrected chi connectivity index (χ4v) is 2.42. The third kappa shape index (κ3) is 2.97. The largest absolute Gasteiger partial charge is 0.481 e. The summed E-state index contributed by atoms with van der Waals surface area (Å²) in [5, 5.41) is 8.91. The number of likely N-dealkylation sites (tertiary alicyclic amines) is 1. The number of aromatic nitrogens is 1. The van der Waals surface area contributed by atoms with Gasteiger partial charge in [-0.2, -0.15) is 13.2 Å². The quantitative estimate of drug-likeness (QED) is 0.871. The molecule has 1 amide bonds. The van der Waals surface area contributed by atoms with Gasteiger partial charge in [-0.3, -0.25) is 14.4 Å². The second-order valence-corrected chi connectivity index (χ2v) is 5.17. The average Bonchev–Trinajstić information content (AvgIpc) is 2.86. The number of alkyl halides is 3. The molecule has 0 radical (unpaired) electrons.